The van der Waals surface area contributed by atoms with Crippen molar-refractivity contribution in [3.8, 4) is 0 Å². The van der Waals surface area contributed by atoms with Crippen molar-refractivity contribution in [2.24, 2.45) is 0 Å². The molecule has 2 aliphatic rings. The molecule has 1 aliphatic heterocycles. The van der Waals surface area contributed by atoms with E-state index >= 15 is 0 Å². The molecule has 2 N–H and O–H groups in total. The molecule has 25 heavy (non-hydrogen) atoms. The number of hydrogen-bond donors (Lipinski definition) is 2. The first kappa shape index (κ1) is 18.3. The van der Waals surface area contributed by atoms with Crippen LogP contribution in [-0.2, 0) is 15.0 Å². The molecule has 0 bridgehead atoms. The summed E-state index contributed by atoms with van der Waals surface area (Å²) in [4.78, 5) is 25.0. The summed E-state index contributed by atoms with van der Waals surface area (Å²) >= 11 is 1.67. The number of hydrogen-bond acceptors (Lipinski definition) is 4. The summed E-state index contributed by atoms with van der Waals surface area (Å²) in [5.74, 6) is -0.00858. The summed E-state index contributed by atoms with van der Waals surface area (Å²) in [7, 11) is 0. The van der Waals surface area contributed by atoms with E-state index in [9.17, 15) is 9.59 Å². The number of benzene rings is 1. The van der Waals surface area contributed by atoms with E-state index in [1.807, 2.05) is 0 Å². The Labute approximate surface area is 154 Å². The number of carbonyl (C=O) groups excluding carboxylic acids is 2. The molecule has 2 amide bonds. The third-order valence-electron chi connectivity index (χ3n) is 5.61. The summed E-state index contributed by atoms with van der Waals surface area (Å²) in [6.45, 7) is 1.70. The van der Waals surface area contributed by atoms with Gasteiger partial charge in [-0.05, 0) is 49.6 Å². The molecule has 1 heterocycles. The van der Waals surface area contributed by atoms with E-state index < -0.39 is 6.04 Å². The van der Waals surface area contributed by atoms with E-state index in [1.165, 1.54) is 31.2 Å². The van der Waals surface area contributed by atoms with Gasteiger partial charge in [0.1, 0.15) is 6.04 Å². The molecule has 1 aromatic carbocycles. The molecular formula is C19H27N3O2S. The van der Waals surface area contributed by atoms with Crippen LogP contribution in [0.4, 0.5) is 5.69 Å². The Bertz CT molecular complexity index is 599. The van der Waals surface area contributed by atoms with Crippen molar-refractivity contribution in [3.63, 3.8) is 0 Å². The van der Waals surface area contributed by atoms with Gasteiger partial charge in [-0.3, -0.25) is 14.3 Å². The Hall–Kier alpha value is -1.53. The Kier molecular flexibility index (Phi) is 6.02. The summed E-state index contributed by atoms with van der Waals surface area (Å²) in [5.41, 5.74) is 2.51. The number of piperidine rings is 1. The average molecular weight is 362 g/mol. The fraction of sp³-hybridized carbons (Fsp3) is 0.579. The highest BCUT2D eigenvalue weighted by Gasteiger charge is 2.35. The Morgan fingerprint density at radius 1 is 1.24 bits per heavy atom. The lowest BCUT2D eigenvalue weighted by molar-refractivity contribution is -0.124. The number of carbonyl (C=O) groups is 2. The van der Waals surface area contributed by atoms with Crippen LogP contribution in [-0.4, -0.2) is 37.7 Å². The van der Waals surface area contributed by atoms with Crippen LogP contribution in [0, 0.1) is 0 Å². The minimum atomic E-state index is -0.391. The molecule has 1 aromatic rings. The van der Waals surface area contributed by atoms with E-state index in [2.05, 4.69) is 40.6 Å². The van der Waals surface area contributed by atoms with Crippen LogP contribution in [0.15, 0.2) is 24.3 Å². The van der Waals surface area contributed by atoms with Crippen molar-refractivity contribution < 1.29 is 9.59 Å². The lowest BCUT2D eigenvalue weighted by Crippen LogP contribution is -2.50. The van der Waals surface area contributed by atoms with E-state index in [4.69, 9.17) is 0 Å². The third kappa shape index (κ3) is 3.85. The Morgan fingerprint density at radius 2 is 1.96 bits per heavy atom. The maximum Gasteiger partial charge on any atom is 0.249 e. The van der Waals surface area contributed by atoms with Gasteiger partial charge in [-0.1, -0.05) is 36.9 Å². The lowest BCUT2D eigenvalue weighted by Gasteiger charge is -2.33. The Balaban J connectivity index is 1.77. The maximum absolute atomic E-state index is 12.6. The topological polar surface area (TPSA) is 61.4 Å². The maximum atomic E-state index is 12.6. The molecular weight excluding hydrogens is 334 g/mol. The van der Waals surface area contributed by atoms with Gasteiger partial charge in [0.25, 0.3) is 0 Å². The average Bonchev–Trinajstić information content (AvgIpc) is 3.12. The zero-order chi connectivity index (χ0) is 17.7. The second kappa shape index (κ2) is 8.23. The number of rotatable bonds is 7. The highest BCUT2D eigenvalue weighted by molar-refractivity contribution is 7.96. The predicted molar refractivity (Wildman–Crippen MR) is 103 cm³/mol. The fourth-order valence-electron chi connectivity index (χ4n) is 4.19. The number of nitrogens with zero attached hydrogens (tertiary/aromatic N) is 1. The van der Waals surface area contributed by atoms with Gasteiger partial charge in [0.2, 0.25) is 12.3 Å². The fourth-order valence-corrected chi connectivity index (χ4v) is 4.61. The molecule has 1 atom stereocenters. The third-order valence-corrected chi connectivity index (χ3v) is 6.05. The zero-order valence-electron chi connectivity index (χ0n) is 14.8. The van der Waals surface area contributed by atoms with Crippen molar-refractivity contribution >= 4 is 30.0 Å². The molecule has 2 fully saturated rings. The first-order valence-electron chi connectivity index (χ1n) is 9.08. The van der Waals surface area contributed by atoms with Crippen LogP contribution < -0.4 is 14.9 Å². The van der Waals surface area contributed by atoms with Crippen molar-refractivity contribution in [1.29, 1.82) is 0 Å². The van der Waals surface area contributed by atoms with Crippen LogP contribution in [0.25, 0.3) is 0 Å². The molecule has 1 saturated heterocycles. The van der Waals surface area contributed by atoms with E-state index in [1.54, 1.807) is 16.8 Å². The van der Waals surface area contributed by atoms with Crippen molar-refractivity contribution in [2.75, 3.05) is 24.2 Å². The molecule has 0 radical (unpaired) electrons. The molecule has 1 aliphatic carbocycles. The summed E-state index contributed by atoms with van der Waals surface area (Å²) < 4.78 is 3.45. The standard InChI is InChI=1S/C19H27N3O2S/c1-25-21-13-19(10-2-3-11-19)15-6-8-16(9-7-15)22-12-4-5-17(18(22)24)20-14-23/h6-9,14,17,21H,2-5,10-13H2,1H3,(H,20,23). The van der Waals surface area contributed by atoms with Crippen LogP contribution in [0.2, 0.25) is 0 Å². The number of anilines is 1. The number of nitrogens with one attached hydrogen (secondary N) is 2. The highest BCUT2D eigenvalue weighted by atomic mass is 32.2. The SMILES string of the molecule is CSNCC1(c2ccc(N3CCCC(NC=O)C3=O)cc2)CCCC1. The van der Waals surface area contributed by atoms with Gasteiger partial charge in [-0.2, -0.15) is 0 Å². The minimum Gasteiger partial charge on any atom is -0.347 e. The lowest BCUT2D eigenvalue weighted by atomic mass is 9.79. The normalized spacial score (nSPS) is 22.8. The largest absolute Gasteiger partial charge is 0.347 e. The number of amides is 2. The van der Waals surface area contributed by atoms with Gasteiger partial charge in [0.05, 0.1) is 0 Å². The second-order valence-corrected chi connectivity index (χ2v) is 7.73. The van der Waals surface area contributed by atoms with Crippen molar-refractivity contribution in [1.82, 2.24) is 10.0 Å². The predicted octanol–water partition coefficient (Wildman–Crippen LogP) is 2.61. The summed E-state index contributed by atoms with van der Waals surface area (Å²) in [5, 5.41) is 2.64. The monoisotopic (exact) mass is 361 g/mol. The van der Waals surface area contributed by atoms with Crippen molar-refractivity contribution in [2.45, 2.75) is 50.0 Å². The van der Waals surface area contributed by atoms with Gasteiger partial charge in [-0.15, -0.1) is 0 Å². The molecule has 6 heteroatoms. The highest BCUT2D eigenvalue weighted by Crippen LogP contribution is 2.41. The smallest absolute Gasteiger partial charge is 0.249 e. The van der Waals surface area contributed by atoms with Gasteiger partial charge >= 0.3 is 0 Å². The molecule has 0 aromatic heterocycles. The Morgan fingerprint density at radius 3 is 2.60 bits per heavy atom. The molecule has 3 rings (SSSR count). The molecule has 5 nitrogen and oxygen atoms in total. The second-order valence-electron chi connectivity index (χ2n) is 7.03. The van der Waals surface area contributed by atoms with Crippen LogP contribution >= 0.6 is 11.9 Å². The van der Waals surface area contributed by atoms with E-state index in [0.717, 1.165) is 25.1 Å². The van der Waals surface area contributed by atoms with Gasteiger partial charge < -0.3 is 10.2 Å². The van der Waals surface area contributed by atoms with Crippen LogP contribution in [0.3, 0.4) is 0 Å². The summed E-state index contributed by atoms with van der Waals surface area (Å²) in [6, 6.07) is 8.11. The van der Waals surface area contributed by atoms with E-state index in [0.29, 0.717) is 13.0 Å². The summed E-state index contributed by atoms with van der Waals surface area (Å²) in [6.07, 6.45) is 9.30. The molecule has 1 unspecified atom stereocenters. The van der Waals surface area contributed by atoms with Crippen LogP contribution in [0.1, 0.15) is 44.1 Å². The van der Waals surface area contributed by atoms with Crippen molar-refractivity contribution in [3.05, 3.63) is 29.8 Å². The van der Waals surface area contributed by atoms with E-state index in [-0.39, 0.29) is 11.3 Å². The van der Waals surface area contributed by atoms with Gasteiger partial charge in [0, 0.05) is 24.2 Å². The first-order chi connectivity index (χ1) is 12.2. The molecule has 0 spiro atoms. The van der Waals surface area contributed by atoms with Crippen LogP contribution in [0.5, 0.6) is 0 Å². The minimum absolute atomic E-state index is 0.00858. The zero-order valence-corrected chi connectivity index (χ0v) is 15.6. The quantitative estimate of drug-likeness (QED) is 0.579. The van der Waals surface area contributed by atoms with Gasteiger partial charge in [-0.25, -0.2) is 0 Å². The van der Waals surface area contributed by atoms with Gasteiger partial charge in [0.15, 0.2) is 0 Å². The molecule has 1 saturated carbocycles. The molecule has 136 valence electrons. The first-order valence-corrected chi connectivity index (χ1v) is 10.3.